The summed E-state index contributed by atoms with van der Waals surface area (Å²) in [6.45, 7) is 6.62. The monoisotopic (exact) mass is 331 g/mol. The Hall–Kier alpha value is -1.13. The molecular formula is C19H29N3S. The van der Waals surface area contributed by atoms with Crippen molar-refractivity contribution in [1.82, 2.24) is 15.1 Å². The summed E-state index contributed by atoms with van der Waals surface area (Å²) in [5.74, 6) is 0. The SMILES string of the molecule is C[C@@H](NC(=S)N1CCN(C2CCCCC2)CC1)c1ccccc1. The van der Waals surface area contributed by atoms with Crippen LogP contribution >= 0.6 is 12.2 Å². The van der Waals surface area contributed by atoms with Crippen molar-refractivity contribution >= 4 is 17.3 Å². The Morgan fingerprint density at radius 2 is 1.70 bits per heavy atom. The highest BCUT2D eigenvalue weighted by molar-refractivity contribution is 7.80. The smallest absolute Gasteiger partial charge is 0.169 e. The van der Waals surface area contributed by atoms with Crippen molar-refractivity contribution in [2.24, 2.45) is 0 Å². The lowest BCUT2D eigenvalue weighted by molar-refractivity contribution is 0.106. The van der Waals surface area contributed by atoms with Crippen molar-refractivity contribution < 1.29 is 0 Å². The third-order valence-electron chi connectivity index (χ3n) is 5.33. The molecule has 3 rings (SSSR count). The van der Waals surface area contributed by atoms with Crippen LogP contribution in [0.1, 0.15) is 50.6 Å². The fraction of sp³-hybridized carbons (Fsp3) is 0.632. The molecule has 0 amide bonds. The minimum Gasteiger partial charge on any atom is -0.356 e. The number of thiocarbonyl (C=S) groups is 1. The van der Waals surface area contributed by atoms with Gasteiger partial charge in [0.1, 0.15) is 0 Å². The molecule has 23 heavy (non-hydrogen) atoms. The highest BCUT2D eigenvalue weighted by Gasteiger charge is 2.26. The molecule has 1 aromatic carbocycles. The highest BCUT2D eigenvalue weighted by atomic mass is 32.1. The minimum absolute atomic E-state index is 0.264. The highest BCUT2D eigenvalue weighted by Crippen LogP contribution is 2.23. The van der Waals surface area contributed by atoms with Gasteiger partial charge in [-0.2, -0.15) is 0 Å². The molecule has 4 heteroatoms. The number of piperazine rings is 1. The van der Waals surface area contributed by atoms with Crippen LogP contribution in [-0.4, -0.2) is 47.1 Å². The average molecular weight is 332 g/mol. The summed E-state index contributed by atoms with van der Waals surface area (Å²) in [5.41, 5.74) is 1.29. The number of hydrogen-bond donors (Lipinski definition) is 1. The predicted molar refractivity (Wildman–Crippen MR) is 101 cm³/mol. The Morgan fingerprint density at radius 1 is 1.04 bits per heavy atom. The van der Waals surface area contributed by atoms with Gasteiger partial charge in [-0.25, -0.2) is 0 Å². The van der Waals surface area contributed by atoms with Gasteiger partial charge in [0.2, 0.25) is 0 Å². The zero-order valence-electron chi connectivity index (χ0n) is 14.2. The van der Waals surface area contributed by atoms with E-state index in [9.17, 15) is 0 Å². The average Bonchev–Trinajstić information content (AvgIpc) is 2.63. The van der Waals surface area contributed by atoms with E-state index in [4.69, 9.17) is 12.2 Å². The summed E-state index contributed by atoms with van der Waals surface area (Å²) in [4.78, 5) is 5.03. The van der Waals surface area contributed by atoms with E-state index in [-0.39, 0.29) is 6.04 Å². The van der Waals surface area contributed by atoms with E-state index in [1.807, 2.05) is 0 Å². The Morgan fingerprint density at radius 3 is 2.35 bits per heavy atom. The first-order valence-electron chi connectivity index (χ1n) is 9.08. The summed E-state index contributed by atoms with van der Waals surface area (Å²) in [6, 6.07) is 11.6. The van der Waals surface area contributed by atoms with Crippen LogP contribution in [0.25, 0.3) is 0 Å². The molecule has 2 aliphatic rings. The molecule has 0 unspecified atom stereocenters. The van der Waals surface area contributed by atoms with E-state index in [1.54, 1.807) is 0 Å². The first kappa shape index (κ1) is 16.7. The molecule has 0 radical (unpaired) electrons. The van der Waals surface area contributed by atoms with Crippen LogP contribution in [0.2, 0.25) is 0 Å². The molecule has 1 saturated heterocycles. The molecule has 0 spiro atoms. The van der Waals surface area contributed by atoms with Gasteiger partial charge in [-0.3, -0.25) is 4.90 Å². The molecule has 1 saturated carbocycles. The van der Waals surface area contributed by atoms with Gasteiger partial charge < -0.3 is 10.2 Å². The fourth-order valence-electron chi connectivity index (χ4n) is 3.84. The number of benzene rings is 1. The van der Waals surface area contributed by atoms with E-state index in [0.717, 1.165) is 37.3 Å². The summed E-state index contributed by atoms with van der Waals surface area (Å²) in [5, 5.41) is 4.41. The largest absolute Gasteiger partial charge is 0.356 e. The summed E-state index contributed by atoms with van der Waals surface area (Å²) < 4.78 is 0. The normalized spacial score (nSPS) is 21.9. The maximum atomic E-state index is 5.64. The summed E-state index contributed by atoms with van der Waals surface area (Å²) in [7, 11) is 0. The van der Waals surface area contributed by atoms with Crippen LogP contribution < -0.4 is 5.32 Å². The van der Waals surface area contributed by atoms with Crippen molar-refractivity contribution in [3.63, 3.8) is 0 Å². The van der Waals surface area contributed by atoms with Gasteiger partial charge in [0.15, 0.2) is 5.11 Å². The van der Waals surface area contributed by atoms with Crippen LogP contribution in [-0.2, 0) is 0 Å². The van der Waals surface area contributed by atoms with Gasteiger partial charge in [-0.1, -0.05) is 49.6 Å². The third-order valence-corrected chi connectivity index (χ3v) is 5.71. The Bertz CT molecular complexity index is 491. The molecule has 1 heterocycles. The number of rotatable bonds is 3. The van der Waals surface area contributed by atoms with E-state index < -0.39 is 0 Å². The first-order valence-corrected chi connectivity index (χ1v) is 9.49. The Balaban J connectivity index is 1.46. The second-order valence-electron chi connectivity index (χ2n) is 6.90. The fourth-order valence-corrected chi connectivity index (χ4v) is 4.20. The van der Waals surface area contributed by atoms with Gasteiger partial charge in [0, 0.05) is 32.2 Å². The van der Waals surface area contributed by atoms with Crippen LogP contribution in [0.15, 0.2) is 30.3 Å². The minimum atomic E-state index is 0.264. The molecule has 0 bridgehead atoms. The maximum Gasteiger partial charge on any atom is 0.169 e. The van der Waals surface area contributed by atoms with Gasteiger partial charge >= 0.3 is 0 Å². The topological polar surface area (TPSA) is 18.5 Å². The zero-order valence-corrected chi connectivity index (χ0v) is 15.0. The molecular weight excluding hydrogens is 302 g/mol. The van der Waals surface area contributed by atoms with Gasteiger partial charge in [-0.15, -0.1) is 0 Å². The molecule has 3 nitrogen and oxygen atoms in total. The molecule has 1 N–H and O–H groups in total. The lowest BCUT2D eigenvalue weighted by atomic mass is 9.94. The van der Waals surface area contributed by atoms with Crippen LogP contribution in [0.5, 0.6) is 0 Å². The molecule has 1 aromatic rings. The number of hydrogen-bond acceptors (Lipinski definition) is 2. The van der Waals surface area contributed by atoms with E-state index in [2.05, 4.69) is 52.4 Å². The van der Waals surface area contributed by atoms with Gasteiger partial charge in [-0.05, 0) is 37.5 Å². The molecule has 126 valence electrons. The third kappa shape index (κ3) is 4.45. The standard InChI is InChI=1S/C19H29N3S/c1-16(17-8-4-2-5-9-17)20-19(23)22-14-12-21(13-15-22)18-10-6-3-7-11-18/h2,4-5,8-9,16,18H,3,6-7,10-15H2,1H3,(H,20,23)/t16-/m1/s1. The molecule has 1 aliphatic heterocycles. The number of nitrogens with zero attached hydrogens (tertiary/aromatic N) is 2. The van der Waals surface area contributed by atoms with Crippen LogP contribution in [0.4, 0.5) is 0 Å². The van der Waals surface area contributed by atoms with Crippen LogP contribution in [0, 0.1) is 0 Å². The second kappa shape index (κ2) is 8.11. The Labute approximate surface area is 146 Å². The quantitative estimate of drug-likeness (QED) is 0.853. The van der Waals surface area contributed by atoms with Crippen molar-refractivity contribution in [3.8, 4) is 0 Å². The molecule has 1 atom stereocenters. The summed E-state index contributed by atoms with van der Waals surface area (Å²) >= 11 is 5.64. The molecule has 2 fully saturated rings. The van der Waals surface area contributed by atoms with E-state index >= 15 is 0 Å². The predicted octanol–water partition coefficient (Wildman–Crippen LogP) is 3.57. The van der Waals surface area contributed by atoms with E-state index in [0.29, 0.717) is 0 Å². The van der Waals surface area contributed by atoms with Crippen molar-refractivity contribution in [3.05, 3.63) is 35.9 Å². The van der Waals surface area contributed by atoms with Gasteiger partial charge in [0.25, 0.3) is 0 Å². The van der Waals surface area contributed by atoms with Crippen LogP contribution in [0.3, 0.4) is 0 Å². The van der Waals surface area contributed by atoms with Crippen molar-refractivity contribution in [2.45, 2.75) is 51.1 Å². The number of nitrogens with one attached hydrogen (secondary N) is 1. The zero-order chi connectivity index (χ0) is 16.1. The second-order valence-corrected chi connectivity index (χ2v) is 7.28. The Kier molecular flexibility index (Phi) is 5.90. The van der Waals surface area contributed by atoms with E-state index in [1.165, 1.54) is 37.7 Å². The van der Waals surface area contributed by atoms with Gasteiger partial charge in [0.05, 0.1) is 6.04 Å². The maximum absolute atomic E-state index is 5.64. The molecule has 1 aliphatic carbocycles. The molecule has 0 aromatic heterocycles. The lowest BCUT2D eigenvalue weighted by Crippen LogP contribution is -2.54. The van der Waals surface area contributed by atoms with Crippen molar-refractivity contribution in [1.29, 1.82) is 0 Å². The lowest BCUT2D eigenvalue weighted by Gasteiger charge is -2.41. The summed E-state index contributed by atoms with van der Waals surface area (Å²) in [6.07, 6.45) is 7.06. The van der Waals surface area contributed by atoms with Crippen molar-refractivity contribution in [2.75, 3.05) is 26.2 Å². The first-order chi connectivity index (χ1) is 11.2.